The Balaban J connectivity index is 1.64. The van der Waals surface area contributed by atoms with Gasteiger partial charge in [0, 0.05) is 23.3 Å². The summed E-state index contributed by atoms with van der Waals surface area (Å²) in [7, 11) is -3.77. The molecular weight excluding hydrogens is 424 g/mol. The second-order valence-electron chi connectivity index (χ2n) is 6.48. The molecule has 2 heterocycles. The summed E-state index contributed by atoms with van der Waals surface area (Å²) >= 11 is 5.92. The number of rotatable bonds is 7. The number of tetrazole rings is 1. The molecule has 4 aromatic rings. The van der Waals surface area contributed by atoms with Crippen LogP contribution in [0.4, 0.5) is 0 Å². The van der Waals surface area contributed by atoms with E-state index in [1.807, 2.05) is 30.3 Å². The molecular formula is C20H17ClN6O2S. The maximum atomic E-state index is 13.3. The average molecular weight is 441 g/mol. The number of hydrogen-bond donors (Lipinski definition) is 1. The zero-order chi connectivity index (χ0) is 21.0. The minimum absolute atomic E-state index is 0.137. The Hall–Kier alpha value is -3.14. The van der Waals surface area contributed by atoms with Crippen molar-refractivity contribution < 1.29 is 8.42 Å². The summed E-state index contributed by atoms with van der Waals surface area (Å²) in [5, 5.41) is 14.3. The third-order valence-electron chi connectivity index (χ3n) is 4.43. The molecule has 0 saturated carbocycles. The first kappa shape index (κ1) is 20.1. The van der Waals surface area contributed by atoms with Gasteiger partial charge in [0.2, 0.25) is 15.8 Å². The highest BCUT2D eigenvalue weighted by Gasteiger charge is 2.25. The molecule has 0 atom stereocenters. The largest absolute Gasteiger partial charge is 0.260 e. The first-order chi connectivity index (χ1) is 14.5. The number of hydrogen-bond acceptors (Lipinski definition) is 6. The van der Waals surface area contributed by atoms with Crippen LogP contribution in [0.25, 0.3) is 11.4 Å². The van der Waals surface area contributed by atoms with Gasteiger partial charge in [-0.15, -0.1) is 10.2 Å². The van der Waals surface area contributed by atoms with Crippen LogP contribution >= 0.6 is 11.6 Å². The summed E-state index contributed by atoms with van der Waals surface area (Å²) in [6.07, 6.45) is 1.64. The van der Waals surface area contributed by atoms with Gasteiger partial charge in [-0.1, -0.05) is 41.9 Å². The fourth-order valence-corrected chi connectivity index (χ4v) is 4.43. The molecule has 0 saturated heterocycles. The van der Waals surface area contributed by atoms with Crippen molar-refractivity contribution in [3.8, 4) is 11.4 Å². The van der Waals surface area contributed by atoms with Gasteiger partial charge in [0.25, 0.3) is 0 Å². The number of H-pyrrole nitrogens is 1. The average Bonchev–Trinajstić information content (AvgIpc) is 3.30. The Morgan fingerprint density at radius 3 is 2.33 bits per heavy atom. The predicted octanol–water partition coefficient (Wildman–Crippen LogP) is 3.31. The maximum Gasteiger partial charge on any atom is 0.243 e. The van der Waals surface area contributed by atoms with E-state index in [2.05, 4.69) is 25.6 Å². The highest BCUT2D eigenvalue weighted by molar-refractivity contribution is 7.89. The van der Waals surface area contributed by atoms with E-state index in [9.17, 15) is 8.42 Å². The molecule has 30 heavy (non-hydrogen) atoms. The van der Waals surface area contributed by atoms with E-state index in [4.69, 9.17) is 11.6 Å². The summed E-state index contributed by atoms with van der Waals surface area (Å²) in [5.74, 6) is 0.473. The van der Waals surface area contributed by atoms with E-state index in [0.29, 0.717) is 16.5 Å². The molecule has 152 valence electrons. The Bertz CT molecular complexity index is 1200. The van der Waals surface area contributed by atoms with Gasteiger partial charge in [-0.05, 0) is 47.2 Å². The molecule has 0 fully saturated rings. The molecule has 0 radical (unpaired) electrons. The summed E-state index contributed by atoms with van der Waals surface area (Å²) in [6.45, 7) is 0.312. The van der Waals surface area contributed by atoms with Crippen LogP contribution in [0, 0.1) is 0 Å². The molecule has 4 rings (SSSR count). The molecule has 0 unspecified atom stereocenters. The van der Waals surface area contributed by atoms with Gasteiger partial charge in [-0.3, -0.25) is 4.98 Å². The number of aromatic amines is 1. The van der Waals surface area contributed by atoms with Crippen LogP contribution in [-0.4, -0.2) is 38.3 Å². The number of aromatic nitrogens is 5. The highest BCUT2D eigenvalue weighted by Crippen LogP contribution is 2.23. The smallest absolute Gasteiger partial charge is 0.243 e. The minimum atomic E-state index is -3.77. The van der Waals surface area contributed by atoms with Gasteiger partial charge < -0.3 is 0 Å². The van der Waals surface area contributed by atoms with Crippen molar-refractivity contribution in [2.45, 2.75) is 18.0 Å². The quantitative estimate of drug-likeness (QED) is 0.472. The second-order valence-corrected chi connectivity index (χ2v) is 8.85. The van der Waals surface area contributed by atoms with Crippen molar-refractivity contribution in [1.82, 2.24) is 29.9 Å². The number of sulfonamides is 1. The molecule has 2 aromatic carbocycles. The third kappa shape index (κ3) is 4.54. The van der Waals surface area contributed by atoms with E-state index in [1.165, 1.54) is 16.4 Å². The molecule has 0 spiro atoms. The molecule has 1 N–H and O–H groups in total. The van der Waals surface area contributed by atoms with Crippen molar-refractivity contribution >= 4 is 21.6 Å². The summed E-state index contributed by atoms with van der Waals surface area (Å²) in [4.78, 5) is 4.45. The maximum absolute atomic E-state index is 13.3. The number of nitrogens with one attached hydrogen (secondary N) is 1. The SMILES string of the molecule is O=S(=O)(c1ccc(Cl)cc1)N(Cc1ccc(-c2nn[nH]n2)cc1)Cc1ccccn1. The fraction of sp³-hybridized carbons (Fsp3) is 0.100. The van der Waals surface area contributed by atoms with Crippen molar-refractivity contribution in [3.63, 3.8) is 0 Å². The van der Waals surface area contributed by atoms with E-state index >= 15 is 0 Å². The lowest BCUT2D eigenvalue weighted by molar-refractivity contribution is 0.397. The van der Waals surface area contributed by atoms with Gasteiger partial charge >= 0.3 is 0 Å². The molecule has 8 nitrogen and oxygen atoms in total. The summed E-state index contributed by atoms with van der Waals surface area (Å²) < 4.78 is 28.0. The first-order valence-electron chi connectivity index (χ1n) is 9.01. The number of halogens is 1. The standard InChI is InChI=1S/C20H17ClN6O2S/c21-17-8-10-19(11-9-17)30(28,29)27(14-18-3-1-2-12-22-18)13-15-4-6-16(7-5-15)20-23-25-26-24-20/h1-12H,13-14H2,(H,23,24,25,26). The van der Waals surface area contributed by atoms with E-state index in [-0.39, 0.29) is 18.0 Å². The van der Waals surface area contributed by atoms with Gasteiger partial charge in [-0.2, -0.15) is 9.52 Å². The first-order valence-corrected chi connectivity index (χ1v) is 10.8. The van der Waals surface area contributed by atoms with Crippen LogP contribution in [0.1, 0.15) is 11.3 Å². The second kappa shape index (κ2) is 8.70. The third-order valence-corrected chi connectivity index (χ3v) is 6.49. The van der Waals surface area contributed by atoms with Crippen molar-refractivity contribution in [1.29, 1.82) is 0 Å². The number of pyridine rings is 1. The lowest BCUT2D eigenvalue weighted by Gasteiger charge is -2.22. The Morgan fingerprint density at radius 1 is 0.933 bits per heavy atom. The van der Waals surface area contributed by atoms with Crippen LogP contribution in [0.5, 0.6) is 0 Å². The summed E-state index contributed by atoms with van der Waals surface area (Å²) in [5.41, 5.74) is 2.25. The van der Waals surface area contributed by atoms with Gasteiger partial charge in [-0.25, -0.2) is 8.42 Å². The van der Waals surface area contributed by atoms with Crippen molar-refractivity contribution in [2.24, 2.45) is 0 Å². The normalized spacial score (nSPS) is 11.7. The van der Waals surface area contributed by atoms with Gasteiger partial charge in [0.05, 0.1) is 17.1 Å². The summed E-state index contributed by atoms with van der Waals surface area (Å²) in [6, 6.07) is 18.9. The van der Waals surface area contributed by atoms with Crippen molar-refractivity contribution in [2.75, 3.05) is 0 Å². The fourth-order valence-electron chi connectivity index (χ4n) is 2.90. The molecule has 2 aromatic heterocycles. The van der Waals surface area contributed by atoms with Crippen LogP contribution in [-0.2, 0) is 23.1 Å². The van der Waals surface area contributed by atoms with Gasteiger partial charge in [0.15, 0.2) is 0 Å². The Morgan fingerprint density at radius 2 is 1.70 bits per heavy atom. The van der Waals surface area contributed by atoms with Crippen LogP contribution < -0.4 is 0 Å². The number of benzene rings is 2. The minimum Gasteiger partial charge on any atom is -0.260 e. The zero-order valence-electron chi connectivity index (χ0n) is 15.7. The highest BCUT2D eigenvalue weighted by atomic mass is 35.5. The molecule has 0 aliphatic heterocycles. The monoisotopic (exact) mass is 440 g/mol. The predicted molar refractivity (Wildman–Crippen MR) is 112 cm³/mol. The van der Waals surface area contributed by atoms with Crippen molar-refractivity contribution in [3.05, 3.63) is 89.2 Å². The molecule has 0 aliphatic carbocycles. The lowest BCUT2D eigenvalue weighted by atomic mass is 10.1. The zero-order valence-corrected chi connectivity index (χ0v) is 17.3. The number of nitrogens with zero attached hydrogens (tertiary/aromatic N) is 5. The Labute approximate surface area is 178 Å². The molecule has 0 bridgehead atoms. The molecule has 0 aliphatic rings. The van der Waals surface area contributed by atoms with E-state index in [1.54, 1.807) is 30.5 Å². The molecule has 10 heteroatoms. The van der Waals surface area contributed by atoms with Gasteiger partial charge in [0.1, 0.15) is 0 Å². The van der Waals surface area contributed by atoms with E-state index < -0.39 is 10.0 Å². The molecule has 0 amide bonds. The Kier molecular flexibility index (Phi) is 5.84. The van der Waals surface area contributed by atoms with Crippen LogP contribution in [0.15, 0.2) is 77.8 Å². The van der Waals surface area contributed by atoms with Crippen LogP contribution in [0.3, 0.4) is 0 Å². The van der Waals surface area contributed by atoms with Crippen LogP contribution in [0.2, 0.25) is 5.02 Å². The topological polar surface area (TPSA) is 105 Å². The van der Waals surface area contributed by atoms with E-state index in [0.717, 1.165) is 11.1 Å². The lowest BCUT2D eigenvalue weighted by Crippen LogP contribution is -2.30.